The maximum atomic E-state index is 6.18. The van der Waals surface area contributed by atoms with Crippen LogP contribution in [0, 0.1) is 11.8 Å². The number of fused-ring (bicyclic) bond motifs is 1. The maximum Gasteiger partial charge on any atom is 0.0954 e. The Morgan fingerprint density at radius 1 is 1.35 bits per heavy atom. The quantitative estimate of drug-likeness (QED) is 0.920. The molecule has 1 aromatic heterocycles. The Morgan fingerprint density at radius 3 is 2.70 bits per heavy atom. The highest BCUT2D eigenvalue weighted by Crippen LogP contribution is 2.37. The zero-order valence-corrected chi connectivity index (χ0v) is 14.6. The van der Waals surface area contributed by atoms with Gasteiger partial charge >= 0.3 is 0 Å². The van der Waals surface area contributed by atoms with Gasteiger partial charge < -0.3 is 5.73 Å². The molecule has 1 saturated carbocycles. The summed E-state index contributed by atoms with van der Waals surface area (Å²) in [7, 11) is 0. The van der Waals surface area contributed by atoms with E-state index in [4.69, 9.17) is 10.7 Å². The number of hydrogen-bond donors (Lipinski definition) is 1. The zero-order valence-electron chi connectivity index (χ0n) is 12.1. The lowest BCUT2D eigenvalue weighted by Crippen LogP contribution is -2.30. The van der Waals surface area contributed by atoms with Crippen molar-refractivity contribution in [3.05, 3.63) is 16.1 Å². The Labute approximate surface area is 138 Å². The molecule has 1 aliphatic heterocycles. The van der Waals surface area contributed by atoms with Gasteiger partial charge in [-0.1, -0.05) is 13.8 Å². The van der Waals surface area contributed by atoms with Crippen LogP contribution >= 0.6 is 36.2 Å². The van der Waals surface area contributed by atoms with Crippen LogP contribution in [0.1, 0.15) is 43.3 Å². The second-order valence-electron chi connectivity index (χ2n) is 6.19. The first kappa shape index (κ1) is 18.2. The summed E-state index contributed by atoms with van der Waals surface area (Å²) in [6, 6.07) is 0.446. The van der Waals surface area contributed by atoms with E-state index in [-0.39, 0.29) is 24.8 Å². The molecule has 1 aliphatic carbocycles. The molecule has 3 unspecified atom stereocenters. The van der Waals surface area contributed by atoms with Crippen LogP contribution in [0.25, 0.3) is 0 Å². The number of nitrogens with zero attached hydrogens (tertiary/aromatic N) is 2. The topological polar surface area (TPSA) is 42.2 Å². The van der Waals surface area contributed by atoms with E-state index in [1.807, 2.05) is 0 Å². The highest BCUT2D eigenvalue weighted by Gasteiger charge is 2.40. The first-order valence-corrected chi connectivity index (χ1v) is 7.93. The Balaban J connectivity index is 0.000001000. The first-order valence-electron chi connectivity index (χ1n) is 7.05. The van der Waals surface area contributed by atoms with E-state index in [0.29, 0.717) is 12.0 Å². The van der Waals surface area contributed by atoms with Crippen molar-refractivity contribution in [1.82, 2.24) is 9.88 Å². The lowest BCUT2D eigenvalue weighted by Gasteiger charge is -2.17. The zero-order chi connectivity index (χ0) is 12.7. The maximum absolute atomic E-state index is 6.18. The van der Waals surface area contributed by atoms with Crippen LogP contribution in [0.4, 0.5) is 0 Å². The smallest absolute Gasteiger partial charge is 0.0954 e. The standard InChI is InChI=1S/C14H23N3S.2ClH/c1-9(2)14-16-11(8-18-14)6-17-5-10-3-4-13(15)12(10)7-17;;/h8-10,12-13H,3-7,15H2,1-2H3;2*1H. The number of aromatic nitrogens is 1. The molecular formula is C14H25Cl2N3S. The minimum atomic E-state index is 0. The van der Waals surface area contributed by atoms with E-state index in [2.05, 4.69) is 24.1 Å². The predicted molar refractivity (Wildman–Crippen MR) is 90.2 cm³/mol. The van der Waals surface area contributed by atoms with Gasteiger partial charge in [0, 0.05) is 37.0 Å². The third kappa shape index (κ3) is 3.66. The second kappa shape index (κ2) is 7.41. The third-order valence-corrected chi connectivity index (χ3v) is 5.63. The molecule has 2 aliphatic rings. The van der Waals surface area contributed by atoms with Gasteiger partial charge in [-0.3, -0.25) is 4.90 Å². The molecule has 1 aromatic rings. The van der Waals surface area contributed by atoms with E-state index in [1.165, 1.54) is 36.6 Å². The number of rotatable bonds is 3. The van der Waals surface area contributed by atoms with Gasteiger partial charge in [0.05, 0.1) is 10.7 Å². The summed E-state index contributed by atoms with van der Waals surface area (Å²) < 4.78 is 0. The monoisotopic (exact) mass is 337 g/mol. The fourth-order valence-electron chi connectivity index (χ4n) is 3.42. The van der Waals surface area contributed by atoms with Crippen molar-refractivity contribution in [1.29, 1.82) is 0 Å². The van der Waals surface area contributed by atoms with Crippen molar-refractivity contribution in [2.45, 2.75) is 45.2 Å². The molecule has 2 N–H and O–H groups in total. The van der Waals surface area contributed by atoms with Crippen LogP contribution < -0.4 is 5.73 Å². The van der Waals surface area contributed by atoms with Crippen molar-refractivity contribution < 1.29 is 0 Å². The molecular weight excluding hydrogens is 313 g/mol. The number of nitrogens with two attached hydrogens (primary N) is 1. The Hall–Kier alpha value is 0.130. The van der Waals surface area contributed by atoms with Gasteiger partial charge in [0.1, 0.15) is 0 Å². The van der Waals surface area contributed by atoms with E-state index in [9.17, 15) is 0 Å². The summed E-state index contributed by atoms with van der Waals surface area (Å²) in [6.07, 6.45) is 2.56. The van der Waals surface area contributed by atoms with Gasteiger partial charge in [-0.15, -0.1) is 36.2 Å². The average molecular weight is 338 g/mol. The van der Waals surface area contributed by atoms with Gasteiger partial charge in [-0.05, 0) is 24.7 Å². The molecule has 3 rings (SSSR count). The second-order valence-corrected chi connectivity index (χ2v) is 7.08. The van der Waals surface area contributed by atoms with E-state index >= 15 is 0 Å². The molecule has 3 atom stereocenters. The molecule has 2 heterocycles. The summed E-state index contributed by atoms with van der Waals surface area (Å²) in [5.41, 5.74) is 7.43. The Bertz CT molecular complexity index is 424. The van der Waals surface area contributed by atoms with Gasteiger partial charge in [0.2, 0.25) is 0 Å². The Kier molecular flexibility index (Phi) is 6.74. The summed E-state index contributed by atoms with van der Waals surface area (Å²) in [5, 5.41) is 3.49. The van der Waals surface area contributed by atoms with Crippen molar-refractivity contribution >= 4 is 36.2 Å². The largest absolute Gasteiger partial charge is 0.327 e. The summed E-state index contributed by atoms with van der Waals surface area (Å²) >= 11 is 1.80. The average Bonchev–Trinajstić information content (AvgIpc) is 2.98. The lowest BCUT2D eigenvalue weighted by molar-refractivity contribution is 0.295. The van der Waals surface area contributed by atoms with E-state index < -0.39 is 0 Å². The van der Waals surface area contributed by atoms with Crippen molar-refractivity contribution in [3.63, 3.8) is 0 Å². The molecule has 2 fully saturated rings. The molecule has 3 nitrogen and oxygen atoms in total. The molecule has 0 radical (unpaired) electrons. The van der Waals surface area contributed by atoms with Crippen LogP contribution in [0.3, 0.4) is 0 Å². The first-order chi connectivity index (χ1) is 8.63. The van der Waals surface area contributed by atoms with Crippen LogP contribution in [0.15, 0.2) is 5.38 Å². The molecule has 0 aromatic carbocycles. The highest BCUT2D eigenvalue weighted by atomic mass is 35.5. The van der Waals surface area contributed by atoms with Crippen LogP contribution in [0.2, 0.25) is 0 Å². The third-order valence-electron chi connectivity index (χ3n) is 4.44. The molecule has 0 amide bonds. The van der Waals surface area contributed by atoms with Gasteiger partial charge in [-0.2, -0.15) is 0 Å². The molecule has 20 heavy (non-hydrogen) atoms. The fourth-order valence-corrected chi connectivity index (χ4v) is 4.24. The van der Waals surface area contributed by atoms with Crippen LogP contribution in [-0.2, 0) is 6.54 Å². The summed E-state index contributed by atoms with van der Waals surface area (Å²) in [5.74, 6) is 2.14. The van der Waals surface area contributed by atoms with Gasteiger partial charge in [-0.25, -0.2) is 4.98 Å². The number of halogens is 2. The van der Waals surface area contributed by atoms with E-state index in [0.717, 1.165) is 18.4 Å². The summed E-state index contributed by atoms with van der Waals surface area (Å²) in [4.78, 5) is 7.28. The van der Waals surface area contributed by atoms with E-state index in [1.54, 1.807) is 11.3 Å². The Morgan fingerprint density at radius 2 is 2.10 bits per heavy atom. The highest BCUT2D eigenvalue weighted by molar-refractivity contribution is 7.09. The number of likely N-dealkylation sites (tertiary alicyclic amines) is 1. The van der Waals surface area contributed by atoms with Gasteiger partial charge in [0.15, 0.2) is 0 Å². The number of hydrogen-bond acceptors (Lipinski definition) is 4. The molecule has 6 heteroatoms. The van der Waals surface area contributed by atoms with Gasteiger partial charge in [0.25, 0.3) is 0 Å². The van der Waals surface area contributed by atoms with Crippen molar-refractivity contribution in [2.24, 2.45) is 17.6 Å². The minimum absolute atomic E-state index is 0. The number of thiazole rings is 1. The van der Waals surface area contributed by atoms with Crippen molar-refractivity contribution in [3.8, 4) is 0 Å². The van der Waals surface area contributed by atoms with Crippen LogP contribution in [-0.4, -0.2) is 29.0 Å². The lowest BCUT2D eigenvalue weighted by atomic mass is 9.98. The summed E-state index contributed by atoms with van der Waals surface area (Å²) in [6.45, 7) is 7.85. The predicted octanol–water partition coefficient (Wildman–Crippen LogP) is 3.28. The van der Waals surface area contributed by atoms with Crippen LogP contribution in [0.5, 0.6) is 0 Å². The minimum Gasteiger partial charge on any atom is -0.327 e. The fraction of sp³-hybridized carbons (Fsp3) is 0.786. The molecule has 0 bridgehead atoms. The normalized spacial score (nSPS) is 29.1. The van der Waals surface area contributed by atoms with Crippen molar-refractivity contribution in [2.75, 3.05) is 13.1 Å². The molecule has 1 saturated heterocycles. The molecule has 0 spiro atoms. The molecule has 116 valence electrons. The SMILES string of the molecule is CC(C)c1nc(CN2CC3CCC(N)C3C2)cs1.Cl.Cl.